The molecule has 4 heterocycles. The summed E-state index contributed by atoms with van der Waals surface area (Å²) in [5.74, 6) is 0.375. The number of carbonyl (C=O) groups excluding carboxylic acids is 2. The van der Waals surface area contributed by atoms with E-state index >= 15 is 0 Å². The van der Waals surface area contributed by atoms with E-state index in [2.05, 4.69) is 20.5 Å². The number of amides is 2. The first kappa shape index (κ1) is 16.4. The third-order valence-electron chi connectivity index (χ3n) is 4.24. The van der Waals surface area contributed by atoms with Gasteiger partial charge in [-0.25, -0.2) is 4.98 Å². The number of fused-ring (bicyclic) bond motifs is 1. The Labute approximate surface area is 153 Å². The first-order valence-electron chi connectivity index (χ1n) is 8.10. The summed E-state index contributed by atoms with van der Waals surface area (Å²) in [5.41, 5.74) is 1.41. The Balaban J connectivity index is 1.55. The van der Waals surface area contributed by atoms with E-state index in [1.54, 1.807) is 34.7 Å². The molecule has 0 aliphatic carbocycles. The van der Waals surface area contributed by atoms with Crippen LogP contribution in [0, 0.1) is 0 Å². The van der Waals surface area contributed by atoms with E-state index in [4.69, 9.17) is 0 Å². The molecule has 3 aromatic heterocycles. The van der Waals surface area contributed by atoms with Crippen molar-refractivity contribution in [1.29, 1.82) is 0 Å². The van der Waals surface area contributed by atoms with Gasteiger partial charge in [0.25, 0.3) is 11.8 Å². The Morgan fingerprint density at radius 2 is 2.04 bits per heavy atom. The highest BCUT2D eigenvalue weighted by molar-refractivity contribution is 7.14. The van der Waals surface area contributed by atoms with Crippen LogP contribution in [0.5, 0.6) is 0 Å². The van der Waals surface area contributed by atoms with E-state index < -0.39 is 0 Å². The summed E-state index contributed by atoms with van der Waals surface area (Å²) < 4.78 is 1.65. The zero-order valence-electron chi connectivity index (χ0n) is 14.0. The predicted molar refractivity (Wildman–Crippen MR) is 95.3 cm³/mol. The summed E-state index contributed by atoms with van der Waals surface area (Å²) in [6.45, 7) is 1.10. The third-order valence-corrected chi connectivity index (χ3v) is 5.48. The Morgan fingerprint density at radius 1 is 1.23 bits per heavy atom. The van der Waals surface area contributed by atoms with Crippen molar-refractivity contribution in [2.45, 2.75) is 13.0 Å². The summed E-state index contributed by atoms with van der Waals surface area (Å²) >= 11 is 1.50. The highest BCUT2D eigenvalue weighted by atomic mass is 32.1. The molecule has 0 radical (unpaired) electrons. The van der Waals surface area contributed by atoms with Crippen molar-refractivity contribution in [1.82, 2.24) is 30.0 Å². The molecule has 9 heteroatoms. The molecule has 2 amide bonds. The Kier molecular flexibility index (Phi) is 4.21. The van der Waals surface area contributed by atoms with E-state index in [9.17, 15) is 9.59 Å². The molecule has 0 fully saturated rings. The number of hydrogen-bond acceptors (Lipinski definition) is 6. The first-order valence-corrected chi connectivity index (χ1v) is 8.92. The molecule has 3 aromatic rings. The summed E-state index contributed by atoms with van der Waals surface area (Å²) in [6.07, 6.45) is 3.82. The minimum atomic E-state index is -0.127. The normalized spacial score (nSPS) is 13.3. The zero-order valence-corrected chi connectivity index (χ0v) is 14.9. The van der Waals surface area contributed by atoms with Crippen molar-refractivity contribution in [2.24, 2.45) is 0 Å². The van der Waals surface area contributed by atoms with Gasteiger partial charge in [-0.2, -0.15) is 0 Å². The average molecular weight is 368 g/mol. The highest BCUT2D eigenvalue weighted by Gasteiger charge is 2.25. The van der Waals surface area contributed by atoms with Crippen molar-refractivity contribution in [2.75, 3.05) is 13.6 Å². The molecule has 1 aliphatic heterocycles. The fourth-order valence-corrected chi connectivity index (χ4v) is 4.02. The number of pyridine rings is 1. The minimum Gasteiger partial charge on any atom is -0.354 e. The van der Waals surface area contributed by atoms with Crippen LogP contribution in [0.3, 0.4) is 0 Å². The molecule has 0 bridgehead atoms. The number of hydrogen-bond donors (Lipinski definition) is 1. The van der Waals surface area contributed by atoms with Gasteiger partial charge in [0.05, 0.1) is 4.88 Å². The number of rotatable bonds is 3. The topological polar surface area (TPSA) is 93.0 Å². The summed E-state index contributed by atoms with van der Waals surface area (Å²) in [5, 5.41) is 10.2. The van der Waals surface area contributed by atoms with Gasteiger partial charge in [0, 0.05) is 25.0 Å². The standard InChI is InChI=1S/C17H16N6O2S/c1-18-16(24)14-7-11-8-22(6-5-13(11)26-14)17(25)12-3-2-4-15(21-12)23-9-19-20-10-23/h2-4,7,9-10H,5-6,8H2,1H3,(H,18,24). The quantitative estimate of drug-likeness (QED) is 0.752. The number of nitrogens with one attached hydrogen (secondary N) is 1. The van der Waals surface area contributed by atoms with Gasteiger partial charge in [-0.05, 0) is 30.2 Å². The van der Waals surface area contributed by atoms with Crippen LogP contribution in [-0.2, 0) is 13.0 Å². The minimum absolute atomic E-state index is 0.0921. The van der Waals surface area contributed by atoms with E-state index in [-0.39, 0.29) is 11.8 Å². The molecule has 0 saturated carbocycles. The van der Waals surface area contributed by atoms with Crippen LogP contribution in [0.1, 0.15) is 30.6 Å². The number of nitrogens with zero attached hydrogens (tertiary/aromatic N) is 5. The third kappa shape index (κ3) is 2.97. The molecule has 1 N–H and O–H groups in total. The van der Waals surface area contributed by atoms with Crippen LogP contribution >= 0.6 is 11.3 Å². The molecule has 0 atom stereocenters. The number of carbonyl (C=O) groups is 2. The van der Waals surface area contributed by atoms with Crippen molar-refractivity contribution >= 4 is 23.2 Å². The van der Waals surface area contributed by atoms with Crippen molar-refractivity contribution in [3.8, 4) is 5.82 Å². The molecule has 0 saturated heterocycles. The lowest BCUT2D eigenvalue weighted by Crippen LogP contribution is -2.35. The van der Waals surface area contributed by atoms with E-state index in [1.807, 2.05) is 6.07 Å². The second-order valence-corrected chi connectivity index (χ2v) is 7.00. The summed E-state index contributed by atoms with van der Waals surface area (Å²) in [6, 6.07) is 7.16. The van der Waals surface area contributed by atoms with Crippen LogP contribution in [-0.4, -0.2) is 50.1 Å². The SMILES string of the molecule is CNC(=O)c1cc2c(s1)CCN(C(=O)c1cccc(-n3cnnc3)n1)C2. The molecule has 132 valence electrons. The van der Waals surface area contributed by atoms with Gasteiger partial charge in [-0.3, -0.25) is 14.2 Å². The van der Waals surface area contributed by atoms with Crippen LogP contribution < -0.4 is 5.32 Å². The van der Waals surface area contributed by atoms with Gasteiger partial charge in [0.1, 0.15) is 24.2 Å². The fraction of sp³-hybridized carbons (Fsp3) is 0.235. The van der Waals surface area contributed by atoms with Gasteiger partial charge >= 0.3 is 0 Å². The fourth-order valence-electron chi connectivity index (χ4n) is 2.91. The molecule has 0 spiro atoms. The van der Waals surface area contributed by atoms with Gasteiger partial charge in [0.2, 0.25) is 0 Å². The smallest absolute Gasteiger partial charge is 0.272 e. The molecular formula is C17H16N6O2S. The van der Waals surface area contributed by atoms with E-state index in [1.165, 1.54) is 28.9 Å². The highest BCUT2D eigenvalue weighted by Crippen LogP contribution is 2.28. The Bertz CT molecular complexity index is 966. The summed E-state index contributed by atoms with van der Waals surface area (Å²) in [4.78, 5) is 32.7. The Hall–Kier alpha value is -3.07. The number of aromatic nitrogens is 4. The predicted octanol–water partition coefficient (Wildman–Crippen LogP) is 1.28. The second-order valence-electron chi connectivity index (χ2n) is 5.87. The molecule has 0 aromatic carbocycles. The van der Waals surface area contributed by atoms with Gasteiger partial charge in [0.15, 0.2) is 0 Å². The lowest BCUT2D eigenvalue weighted by atomic mass is 10.1. The largest absolute Gasteiger partial charge is 0.354 e. The second kappa shape index (κ2) is 6.68. The van der Waals surface area contributed by atoms with Crippen LogP contribution in [0.15, 0.2) is 36.9 Å². The zero-order chi connectivity index (χ0) is 18.1. The maximum atomic E-state index is 12.9. The van der Waals surface area contributed by atoms with Crippen molar-refractivity contribution in [3.05, 3.63) is 57.9 Å². The van der Waals surface area contributed by atoms with Gasteiger partial charge < -0.3 is 10.2 Å². The van der Waals surface area contributed by atoms with Crippen LogP contribution in [0.2, 0.25) is 0 Å². The Morgan fingerprint density at radius 3 is 2.81 bits per heavy atom. The lowest BCUT2D eigenvalue weighted by Gasteiger charge is -2.26. The van der Waals surface area contributed by atoms with E-state index in [0.29, 0.717) is 29.5 Å². The molecule has 1 aliphatic rings. The number of thiophene rings is 1. The first-order chi connectivity index (χ1) is 12.7. The molecule has 0 unspecified atom stereocenters. The molecule has 4 rings (SSSR count). The van der Waals surface area contributed by atoms with Gasteiger partial charge in [-0.15, -0.1) is 21.5 Å². The van der Waals surface area contributed by atoms with E-state index in [0.717, 1.165) is 12.0 Å². The van der Waals surface area contributed by atoms with Crippen molar-refractivity contribution < 1.29 is 9.59 Å². The van der Waals surface area contributed by atoms with Crippen LogP contribution in [0.25, 0.3) is 5.82 Å². The molecular weight excluding hydrogens is 352 g/mol. The maximum absolute atomic E-state index is 12.9. The summed E-state index contributed by atoms with van der Waals surface area (Å²) in [7, 11) is 1.62. The lowest BCUT2D eigenvalue weighted by molar-refractivity contribution is 0.0730. The van der Waals surface area contributed by atoms with Crippen LogP contribution in [0.4, 0.5) is 0 Å². The average Bonchev–Trinajstić information content (AvgIpc) is 3.36. The van der Waals surface area contributed by atoms with Gasteiger partial charge in [-0.1, -0.05) is 6.07 Å². The molecule has 26 heavy (non-hydrogen) atoms. The molecule has 8 nitrogen and oxygen atoms in total. The monoisotopic (exact) mass is 368 g/mol. The maximum Gasteiger partial charge on any atom is 0.272 e. The van der Waals surface area contributed by atoms with Crippen molar-refractivity contribution in [3.63, 3.8) is 0 Å².